The summed E-state index contributed by atoms with van der Waals surface area (Å²) >= 11 is 0. The maximum atomic E-state index is 10.4. The number of hydrogen-bond donors (Lipinski definition) is 1. The molecule has 0 saturated carbocycles. The van der Waals surface area contributed by atoms with E-state index in [0.29, 0.717) is 5.92 Å². The number of rotatable bonds is 3. The van der Waals surface area contributed by atoms with Gasteiger partial charge in [0.15, 0.2) is 6.29 Å². The van der Waals surface area contributed by atoms with Crippen molar-refractivity contribution in [2.45, 2.75) is 20.3 Å². The van der Waals surface area contributed by atoms with Gasteiger partial charge < -0.3 is 4.98 Å². The quantitative estimate of drug-likeness (QED) is 0.659. The molecule has 0 aliphatic heterocycles. The Kier molecular flexibility index (Phi) is 2.47. The highest BCUT2D eigenvalue weighted by Gasteiger charge is 2.03. The predicted octanol–water partition coefficient (Wildman–Crippen LogP) is 2.03. The van der Waals surface area contributed by atoms with Crippen LogP contribution in [0.25, 0.3) is 0 Å². The largest absolute Gasteiger partial charge is 0.359 e. The second-order valence-electron chi connectivity index (χ2n) is 3.13. The van der Waals surface area contributed by atoms with Crippen LogP contribution in [0.15, 0.2) is 12.3 Å². The standard InChI is InChI=1S/C9H13NO/c1-7(2)5-8-3-4-10-9(8)6-11/h3-4,6-7,10H,5H2,1-2H3. The lowest BCUT2D eigenvalue weighted by Crippen LogP contribution is -1.95. The molecule has 0 atom stereocenters. The average Bonchev–Trinajstić information content (AvgIpc) is 2.34. The number of aromatic amines is 1. The third-order valence-corrected chi connectivity index (χ3v) is 1.62. The van der Waals surface area contributed by atoms with Crippen molar-refractivity contribution < 1.29 is 4.79 Å². The van der Waals surface area contributed by atoms with Crippen molar-refractivity contribution in [1.82, 2.24) is 4.98 Å². The van der Waals surface area contributed by atoms with Crippen LogP contribution in [-0.4, -0.2) is 11.3 Å². The number of H-pyrrole nitrogens is 1. The molecule has 11 heavy (non-hydrogen) atoms. The van der Waals surface area contributed by atoms with Crippen LogP contribution in [0, 0.1) is 5.92 Å². The number of hydrogen-bond acceptors (Lipinski definition) is 1. The fourth-order valence-electron chi connectivity index (χ4n) is 1.14. The van der Waals surface area contributed by atoms with E-state index in [9.17, 15) is 4.79 Å². The molecular weight excluding hydrogens is 138 g/mol. The highest BCUT2D eigenvalue weighted by molar-refractivity contribution is 5.74. The number of carbonyl (C=O) groups is 1. The monoisotopic (exact) mass is 151 g/mol. The van der Waals surface area contributed by atoms with Gasteiger partial charge in [0.05, 0.1) is 5.69 Å². The zero-order valence-corrected chi connectivity index (χ0v) is 6.92. The van der Waals surface area contributed by atoms with Crippen LogP contribution in [0.1, 0.15) is 29.9 Å². The van der Waals surface area contributed by atoms with Crippen LogP contribution >= 0.6 is 0 Å². The fraction of sp³-hybridized carbons (Fsp3) is 0.444. The Morgan fingerprint density at radius 3 is 2.91 bits per heavy atom. The first kappa shape index (κ1) is 8.05. The average molecular weight is 151 g/mol. The zero-order chi connectivity index (χ0) is 8.27. The minimum Gasteiger partial charge on any atom is -0.359 e. The number of aldehydes is 1. The Morgan fingerprint density at radius 2 is 2.36 bits per heavy atom. The normalized spacial score (nSPS) is 10.5. The maximum Gasteiger partial charge on any atom is 0.166 e. The molecule has 0 radical (unpaired) electrons. The van der Waals surface area contributed by atoms with Gasteiger partial charge in [-0.1, -0.05) is 13.8 Å². The van der Waals surface area contributed by atoms with E-state index in [4.69, 9.17) is 0 Å². The van der Waals surface area contributed by atoms with Gasteiger partial charge in [0.1, 0.15) is 0 Å². The Bertz CT molecular complexity index is 237. The van der Waals surface area contributed by atoms with Gasteiger partial charge in [-0.05, 0) is 24.0 Å². The SMILES string of the molecule is CC(C)Cc1cc[nH]c1C=O. The molecule has 0 bridgehead atoms. The molecule has 0 aliphatic rings. The molecule has 0 aromatic carbocycles. The Balaban J connectivity index is 2.76. The minimum absolute atomic E-state index is 0.601. The van der Waals surface area contributed by atoms with Crippen LogP contribution in [-0.2, 0) is 6.42 Å². The van der Waals surface area contributed by atoms with Gasteiger partial charge in [0.25, 0.3) is 0 Å². The number of aromatic nitrogens is 1. The van der Waals surface area contributed by atoms with Gasteiger partial charge in [0.2, 0.25) is 0 Å². The summed E-state index contributed by atoms with van der Waals surface area (Å²) in [6.45, 7) is 4.28. The summed E-state index contributed by atoms with van der Waals surface area (Å²) in [5, 5.41) is 0. The third-order valence-electron chi connectivity index (χ3n) is 1.62. The topological polar surface area (TPSA) is 32.9 Å². The van der Waals surface area contributed by atoms with E-state index in [2.05, 4.69) is 18.8 Å². The van der Waals surface area contributed by atoms with Crippen molar-refractivity contribution >= 4 is 6.29 Å². The molecule has 2 nitrogen and oxygen atoms in total. The number of carbonyl (C=O) groups excluding carboxylic acids is 1. The maximum absolute atomic E-state index is 10.4. The molecule has 1 aromatic heterocycles. The Morgan fingerprint density at radius 1 is 1.64 bits per heavy atom. The summed E-state index contributed by atoms with van der Waals surface area (Å²) in [4.78, 5) is 13.3. The van der Waals surface area contributed by atoms with E-state index in [1.807, 2.05) is 6.07 Å². The summed E-state index contributed by atoms with van der Waals surface area (Å²) in [6.07, 6.45) is 3.65. The number of nitrogens with one attached hydrogen (secondary N) is 1. The van der Waals surface area contributed by atoms with Crippen molar-refractivity contribution in [3.05, 3.63) is 23.5 Å². The first-order valence-electron chi connectivity index (χ1n) is 3.85. The smallest absolute Gasteiger partial charge is 0.166 e. The highest BCUT2D eigenvalue weighted by atomic mass is 16.1. The van der Waals surface area contributed by atoms with Crippen LogP contribution in [0.3, 0.4) is 0 Å². The van der Waals surface area contributed by atoms with Crippen molar-refractivity contribution in [2.75, 3.05) is 0 Å². The predicted molar refractivity (Wildman–Crippen MR) is 44.7 cm³/mol. The molecule has 0 fully saturated rings. The van der Waals surface area contributed by atoms with Gasteiger partial charge in [-0.15, -0.1) is 0 Å². The Hall–Kier alpha value is -1.05. The van der Waals surface area contributed by atoms with E-state index in [0.717, 1.165) is 24.0 Å². The molecule has 0 aliphatic carbocycles. The van der Waals surface area contributed by atoms with Gasteiger partial charge in [-0.2, -0.15) is 0 Å². The van der Waals surface area contributed by atoms with Gasteiger partial charge in [-0.25, -0.2) is 0 Å². The van der Waals surface area contributed by atoms with Crippen molar-refractivity contribution in [2.24, 2.45) is 5.92 Å². The molecule has 1 heterocycles. The van der Waals surface area contributed by atoms with Crippen LogP contribution < -0.4 is 0 Å². The van der Waals surface area contributed by atoms with E-state index in [1.165, 1.54) is 0 Å². The van der Waals surface area contributed by atoms with Crippen LogP contribution in [0.2, 0.25) is 0 Å². The first-order chi connectivity index (χ1) is 5.24. The molecule has 60 valence electrons. The molecule has 0 saturated heterocycles. The van der Waals surface area contributed by atoms with Gasteiger partial charge >= 0.3 is 0 Å². The third kappa shape index (κ3) is 1.93. The molecule has 0 spiro atoms. The highest BCUT2D eigenvalue weighted by Crippen LogP contribution is 2.10. The summed E-state index contributed by atoms with van der Waals surface area (Å²) in [5.41, 5.74) is 1.84. The van der Waals surface area contributed by atoms with Crippen LogP contribution in [0.4, 0.5) is 0 Å². The molecular formula is C9H13NO. The first-order valence-corrected chi connectivity index (χ1v) is 3.85. The van der Waals surface area contributed by atoms with E-state index < -0.39 is 0 Å². The molecule has 0 amide bonds. The second kappa shape index (κ2) is 3.37. The van der Waals surface area contributed by atoms with E-state index >= 15 is 0 Å². The summed E-state index contributed by atoms with van der Waals surface area (Å²) in [6, 6.07) is 1.96. The zero-order valence-electron chi connectivity index (χ0n) is 6.92. The lowest BCUT2D eigenvalue weighted by Gasteiger charge is -2.01. The van der Waals surface area contributed by atoms with Gasteiger partial charge in [-0.3, -0.25) is 4.79 Å². The summed E-state index contributed by atoms with van der Waals surface area (Å²) < 4.78 is 0. The fourth-order valence-corrected chi connectivity index (χ4v) is 1.14. The van der Waals surface area contributed by atoms with Crippen molar-refractivity contribution in [3.63, 3.8) is 0 Å². The summed E-state index contributed by atoms with van der Waals surface area (Å²) in [7, 11) is 0. The molecule has 1 N–H and O–H groups in total. The lowest BCUT2D eigenvalue weighted by atomic mass is 10.0. The van der Waals surface area contributed by atoms with Crippen molar-refractivity contribution in [3.8, 4) is 0 Å². The molecule has 0 unspecified atom stereocenters. The molecule has 1 rings (SSSR count). The lowest BCUT2D eigenvalue weighted by molar-refractivity contribution is 0.111. The summed E-state index contributed by atoms with van der Waals surface area (Å²) in [5.74, 6) is 0.601. The van der Waals surface area contributed by atoms with E-state index in [-0.39, 0.29) is 0 Å². The Labute approximate surface area is 66.6 Å². The minimum atomic E-state index is 0.601. The van der Waals surface area contributed by atoms with Crippen molar-refractivity contribution in [1.29, 1.82) is 0 Å². The van der Waals surface area contributed by atoms with Gasteiger partial charge in [0, 0.05) is 6.20 Å². The molecule has 1 aromatic rings. The van der Waals surface area contributed by atoms with Crippen LogP contribution in [0.5, 0.6) is 0 Å². The van der Waals surface area contributed by atoms with E-state index in [1.54, 1.807) is 6.20 Å². The molecule has 2 heteroatoms. The second-order valence-corrected chi connectivity index (χ2v) is 3.13.